The fourth-order valence-corrected chi connectivity index (χ4v) is 1.88. The standard InChI is InChI=1S/C14H15BrFN3O/c1-8(2)14-18-12(17-3)7-13(19-14)20-11-6-9(16)4-5-10(11)15/h4-8H,1-3H3,(H,17,18,19). The molecule has 1 N–H and O–H groups in total. The summed E-state index contributed by atoms with van der Waals surface area (Å²) in [6.07, 6.45) is 0. The van der Waals surface area contributed by atoms with Gasteiger partial charge in [-0.1, -0.05) is 13.8 Å². The van der Waals surface area contributed by atoms with E-state index >= 15 is 0 Å². The summed E-state index contributed by atoms with van der Waals surface area (Å²) in [5.74, 6) is 1.88. The summed E-state index contributed by atoms with van der Waals surface area (Å²) in [5, 5.41) is 2.96. The molecule has 0 saturated carbocycles. The number of aromatic nitrogens is 2. The van der Waals surface area contributed by atoms with E-state index in [-0.39, 0.29) is 11.7 Å². The van der Waals surface area contributed by atoms with Crippen molar-refractivity contribution in [3.63, 3.8) is 0 Å². The van der Waals surface area contributed by atoms with Crippen molar-refractivity contribution in [2.24, 2.45) is 0 Å². The van der Waals surface area contributed by atoms with Gasteiger partial charge in [-0.25, -0.2) is 9.37 Å². The van der Waals surface area contributed by atoms with Crippen LogP contribution >= 0.6 is 15.9 Å². The molecule has 1 aromatic heterocycles. The number of nitrogens with one attached hydrogen (secondary N) is 1. The average Bonchev–Trinajstić information content (AvgIpc) is 2.42. The maximum absolute atomic E-state index is 13.3. The molecule has 0 bridgehead atoms. The molecule has 0 saturated heterocycles. The number of hydrogen-bond donors (Lipinski definition) is 1. The van der Waals surface area contributed by atoms with Crippen LogP contribution < -0.4 is 10.1 Å². The van der Waals surface area contributed by atoms with Crippen molar-refractivity contribution in [1.29, 1.82) is 0 Å². The zero-order valence-corrected chi connectivity index (χ0v) is 13.0. The van der Waals surface area contributed by atoms with Crippen LogP contribution in [0.1, 0.15) is 25.6 Å². The Kier molecular flexibility index (Phi) is 4.54. The Labute approximate surface area is 125 Å². The highest BCUT2D eigenvalue weighted by Crippen LogP contribution is 2.30. The molecule has 2 rings (SSSR count). The third-order valence-corrected chi connectivity index (χ3v) is 3.26. The Balaban J connectivity index is 2.37. The lowest BCUT2D eigenvalue weighted by molar-refractivity contribution is 0.450. The largest absolute Gasteiger partial charge is 0.438 e. The lowest BCUT2D eigenvalue weighted by Gasteiger charge is -2.11. The highest BCUT2D eigenvalue weighted by Gasteiger charge is 2.11. The fourth-order valence-electron chi connectivity index (χ4n) is 1.55. The highest BCUT2D eigenvalue weighted by molar-refractivity contribution is 9.10. The normalized spacial score (nSPS) is 10.7. The number of ether oxygens (including phenoxy) is 1. The molecule has 2 aromatic rings. The molecule has 4 nitrogen and oxygen atoms in total. The molecule has 6 heteroatoms. The first kappa shape index (κ1) is 14.7. The zero-order valence-electron chi connectivity index (χ0n) is 11.4. The van der Waals surface area contributed by atoms with E-state index in [2.05, 4.69) is 31.2 Å². The Morgan fingerprint density at radius 1 is 1.25 bits per heavy atom. The summed E-state index contributed by atoms with van der Waals surface area (Å²) in [7, 11) is 1.77. The van der Waals surface area contributed by atoms with Gasteiger partial charge in [-0.15, -0.1) is 0 Å². The van der Waals surface area contributed by atoms with E-state index in [1.807, 2.05) is 13.8 Å². The molecule has 1 heterocycles. The number of halogens is 2. The molecule has 0 amide bonds. The molecule has 0 aliphatic carbocycles. The van der Waals surface area contributed by atoms with Crippen LogP contribution in [0.4, 0.5) is 10.2 Å². The van der Waals surface area contributed by atoms with Crippen molar-refractivity contribution < 1.29 is 9.13 Å². The molecular formula is C14H15BrFN3O. The van der Waals surface area contributed by atoms with Crippen LogP contribution in [-0.2, 0) is 0 Å². The number of anilines is 1. The van der Waals surface area contributed by atoms with Gasteiger partial charge in [0.25, 0.3) is 0 Å². The molecule has 0 spiro atoms. The first-order chi connectivity index (χ1) is 9.49. The van der Waals surface area contributed by atoms with Gasteiger partial charge in [0.15, 0.2) is 0 Å². The third-order valence-electron chi connectivity index (χ3n) is 2.60. The smallest absolute Gasteiger partial charge is 0.224 e. The summed E-state index contributed by atoms with van der Waals surface area (Å²) in [4.78, 5) is 8.68. The molecule has 106 valence electrons. The minimum Gasteiger partial charge on any atom is -0.438 e. The van der Waals surface area contributed by atoms with E-state index in [1.54, 1.807) is 19.2 Å². The molecule has 0 aliphatic heterocycles. The molecule has 0 fully saturated rings. The van der Waals surface area contributed by atoms with Gasteiger partial charge in [-0.05, 0) is 28.1 Å². The molecule has 0 unspecified atom stereocenters. The molecule has 1 aromatic carbocycles. The second-order valence-corrected chi connectivity index (χ2v) is 5.39. The lowest BCUT2D eigenvalue weighted by atomic mass is 10.2. The monoisotopic (exact) mass is 339 g/mol. The van der Waals surface area contributed by atoms with E-state index in [1.165, 1.54) is 12.1 Å². The van der Waals surface area contributed by atoms with Crippen LogP contribution in [0, 0.1) is 5.82 Å². The molecular weight excluding hydrogens is 325 g/mol. The van der Waals surface area contributed by atoms with Crippen molar-refractivity contribution in [1.82, 2.24) is 9.97 Å². The lowest BCUT2D eigenvalue weighted by Crippen LogP contribution is -2.03. The second kappa shape index (κ2) is 6.17. The number of benzene rings is 1. The minimum atomic E-state index is -0.366. The zero-order chi connectivity index (χ0) is 14.7. The summed E-state index contributed by atoms with van der Waals surface area (Å²) in [5.41, 5.74) is 0. The Bertz CT molecular complexity index is 619. The SMILES string of the molecule is CNc1cc(Oc2cc(F)ccc2Br)nc(C(C)C)n1. The van der Waals surface area contributed by atoms with E-state index < -0.39 is 0 Å². The van der Waals surface area contributed by atoms with E-state index in [4.69, 9.17) is 4.74 Å². The van der Waals surface area contributed by atoms with Crippen molar-refractivity contribution in [2.45, 2.75) is 19.8 Å². The fraction of sp³-hybridized carbons (Fsp3) is 0.286. The molecule has 0 atom stereocenters. The van der Waals surface area contributed by atoms with Crippen LogP contribution in [0.15, 0.2) is 28.7 Å². The minimum absolute atomic E-state index is 0.168. The first-order valence-corrected chi connectivity index (χ1v) is 6.98. The van der Waals surface area contributed by atoms with Gasteiger partial charge in [0.1, 0.15) is 23.2 Å². The Morgan fingerprint density at radius 2 is 2.00 bits per heavy atom. The van der Waals surface area contributed by atoms with Crippen LogP contribution in [0.3, 0.4) is 0 Å². The quantitative estimate of drug-likeness (QED) is 0.900. The van der Waals surface area contributed by atoms with Crippen molar-refractivity contribution >= 4 is 21.7 Å². The summed E-state index contributed by atoms with van der Waals surface area (Å²) >= 11 is 3.32. The molecule has 20 heavy (non-hydrogen) atoms. The van der Waals surface area contributed by atoms with Crippen LogP contribution in [0.25, 0.3) is 0 Å². The van der Waals surface area contributed by atoms with Crippen molar-refractivity contribution in [2.75, 3.05) is 12.4 Å². The summed E-state index contributed by atoms with van der Waals surface area (Å²) < 4.78 is 19.6. The number of rotatable bonds is 4. The average molecular weight is 340 g/mol. The Morgan fingerprint density at radius 3 is 2.65 bits per heavy atom. The van der Waals surface area contributed by atoms with Crippen LogP contribution in [0.2, 0.25) is 0 Å². The van der Waals surface area contributed by atoms with Crippen molar-refractivity contribution in [3.05, 3.63) is 40.4 Å². The number of hydrogen-bond acceptors (Lipinski definition) is 4. The molecule has 0 aliphatic rings. The number of nitrogens with zero attached hydrogens (tertiary/aromatic N) is 2. The van der Waals surface area contributed by atoms with Crippen molar-refractivity contribution in [3.8, 4) is 11.6 Å². The topological polar surface area (TPSA) is 47.0 Å². The van der Waals surface area contributed by atoms with Gasteiger partial charge >= 0.3 is 0 Å². The second-order valence-electron chi connectivity index (χ2n) is 4.53. The summed E-state index contributed by atoms with van der Waals surface area (Å²) in [6.45, 7) is 3.99. The van der Waals surface area contributed by atoms with Gasteiger partial charge in [0.2, 0.25) is 5.88 Å². The third kappa shape index (κ3) is 3.45. The predicted molar refractivity (Wildman–Crippen MR) is 79.8 cm³/mol. The van der Waals surface area contributed by atoms with Gasteiger partial charge < -0.3 is 10.1 Å². The van der Waals surface area contributed by atoms with E-state index in [9.17, 15) is 4.39 Å². The van der Waals surface area contributed by atoms with Crippen LogP contribution in [-0.4, -0.2) is 17.0 Å². The first-order valence-electron chi connectivity index (χ1n) is 6.19. The maximum atomic E-state index is 13.3. The van der Waals surface area contributed by atoms with Gasteiger partial charge in [-0.2, -0.15) is 4.98 Å². The van der Waals surface area contributed by atoms with Gasteiger partial charge in [0.05, 0.1) is 4.47 Å². The highest BCUT2D eigenvalue weighted by atomic mass is 79.9. The van der Waals surface area contributed by atoms with Crippen LogP contribution in [0.5, 0.6) is 11.6 Å². The maximum Gasteiger partial charge on any atom is 0.224 e. The summed E-state index contributed by atoms with van der Waals surface area (Å²) in [6, 6.07) is 5.92. The van der Waals surface area contributed by atoms with E-state index in [0.29, 0.717) is 27.7 Å². The van der Waals surface area contributed by atoms with Gasteiger partial charge in [0, 0.05) is 25.1 Å². The predicted octanol–water partition coefficient (Wildman–Crippen LogP) is 4.34. The Hall–Kier alpha value is -1.69. The molecule has 0 radical (unpaired) electrons. The van der Waals surface area contributed by atoms with E-state index in [0.717, 1.165) is 0 Å². The van der Waals surface area contributed by atoms with Gasteiger partial charge in [-0.3, -0.25) is 0 Å².